The zero-order valence-corrected chi connectivity index (χ0v) is 9.14. The van der Waals surface area contributed by atoms with Crippen molar-refractivity contribution in [1.82, 2.24) is 0 Å². The van der Waals surface area contributed by atoms with Crippen LogP contribution in [0.4, 0.5) is 4.39 Å². The van der Waals surface area contributed by atoms with Gasteiger partial charge in [0.15, 0.2) is 11.2 Å². The van der Waals surface area contributed by atoms with Gasteiger partial charge in [-0.1, -0.05) is 12.1 Å². The summed E-state index contributed by atoms with van der Waals surface area (Å²) in [6, 6.07) is 3.78. The van der Waals surface area contributed by atoms with E-state index < -0.39 is 41.8 Å². The van der Waals surface area contributed by atoms with E-state index in [0.29, 0.717) is 0 Å². The normalized spacial score (nSPS) is 17.1. The van der Waals surface area contributed by atoms with Gasteiger partial charge in [-0.2, -0.15) is 0 Å². The van der Waals surface area contributed by atoms with Gasteiger partial charge in [-0.15, -0.1) is 0 Å². The van der Waals surface area contributed by atoms with Crippen LogP contribution in [0.1, 0.15) is 22.3 Å². The molecule has 18 heavy (non-hydrogen) atoms. The average molecular weight is 252 g/mol. The Labute approximate surface area is 101 Å². The van der Waals surface area contributed by atoms with Crippen molar-refractivity contribution in [3.8, 4) is 0 Å². The number of ketones is 1. The maximum Gasteiger partial charge on any atom is 0.321 e. The Kier molecular flexibility index (Phi) is 2.65. The predicted octanol–water partition coefficient (Wildman–Crippen LogP) is 1.11. The Hall–Kier alpha value is -2.24. The molecule has 1 aromatic carbocycles. The van der Waals surface area contributed by atoms with E-state index >= 15 is 0 Å². The number of carbonyl (C=O) groups excluding carboxylic acids is 1. The first-order valence-corrected chi connectivity index (χ1v) is 5.16. The molecule has 0 fully saturated rings. The number of Topliss-reactive ketones (excluding diaryl/α,β-unsaturated/α-hetero) is 1. The molecule has 0 saturated heterocycles. The van der Waals surface area contributed by atoms with Gasteiger partial charge in [0.1, 0.15) is 5.82 Å². The second-order valence-electron chi connectivity index (χ2n) is 4.24. The van der Waals surface area contributed by atoms with Gasteiger partial charge in [0, 0.05) is 24.0 Å². The number of hydrogen-bond donors (Lipinski definition) is 2. The molecule has 1 aliphatic rings. The minimum atomic E-state index is -2.27. The minimum absolute atomic E-state index is 0.0631. The van der Waals surface area contributed by atoms with Gasteiger partial charge in [-0.3, -0.25) is 14.4 Å². The number of fused-ring (bicyclic) bond motifs is 1. The van der Waals surface area contributed by atoms with Crippen LogP contribution in [0.25, 0.3) is 0 Å². The van der Waals surface area contributed by atoms with Crippen molar-refractivity contribution in [2.24, 2.45) is 5.41 Å². The van der Waals surface area contributed by atoms with Crippen LogP contribution in [-0.4, -0.2) is 27.9 Å². The number of halogens is 1. The number of carboxylic acids is 2. The summed E-state index contributed by atoms with van der Waals surface area (Å²) < 4.78 is 13.6. The maximum absolute atomic E-state index is 13.6. The molecule has 0 saturated carbocycles. The van der Waals surface area contributed by atoms with Gasteiger partial charge in [-0.25, -0.2) is 4.39 Å². The van der Waals surface area contributed by atoms with E-state index in [1.54, 1.807) is 0 Å². The molecular weight excluding hydrogens is 243 g/mol. The van der Waals surface area contributed by atoms with Crippen molar-refractivity contribution in [3.63, 3.8) is 0 Å². The summed E-state index contributed by atoms with van der Waals surface area (Å²) in [5.41, 5.74) is -2.35. The molecule has 0 unspecified atom stereocenters. The monoisotopic (exact) mass is 252 g/mol. The number of benzene rings is 1. The van der Waals surface area contributed by atoms with Gasteiger partial charge < -0.3 is 10.2 Å². The predicted molar refractivity (Wildman–Crippen MR) is 56.8 cm³/mol. The number of hydrogen-bond acceptors (Lipinski definition) is 3. The largest absolute Gasteiger partial charge is 0.480 e. The van der Waals surface area contributed by atoms with Crippen molar-refractivity contribution < 1.29 is 29.0 Å². The van der Waals surface area contributed by atoms with Crippen molar-refractivity contribution >= 4 is 17.7 Å². The highest BCUT2D eigenvalue weighted by Gasteiger charge is 2.52. The fourth-order valence-electron chi connectivity index (χ4n) is 2.13. The van der Waals surface area contributed by atoms with E-state index in [0.717, 1.165) is 6.07 Å². The highest BCUT2D eigenvalue weighted by Crippen LogP contribution is 2.37. The molecular formula is C12H9FO5. The van der Waals surface area contributed by atoms with E-state index in [9.17, 15) is 18.8 Å². The molecule has 2 rings (SSSR count). The lowest BCUT2D eigenvalue weighted by molar-refractivity contribution is -0.164. The molecule has 5 nitrogen and oxygen atoms in total. The van der Waals surface area contributed by atoms with Crippen LogP contribution in [0.5, 0.6) is 0 Å². The number of carboxylic acid groups (broad SMARTS) is 2. The van der Waals surface area contributed by atoms with Crippen molar-refractivity contribution in [2.75, 3.05) is 0 Å². The molecule has 0 aromatic heterocycles. The van der Waals surface area contributed by atoms with E-state index in [4.69, 9.17) is 10.2 Å². The van der Waals surface area contributed by atoms with Gasteiger partial charge >= 0.3 is 11.9 Å². The first-order valence-electron chi connectivity index (χ1n) is 5.16. The first kappa shape index (κ1) is 12.2. The Morgan fingerprint density at radius 3 is 2.33 bits per heavy atom. The summed E-state index contributed by atoms with van der Waals surface area (Å²) in [5.74, 6) is -4.68. The van der Waals surface area contributed by atoms with Crippen LogP contribution >= 0.6 is 0 Å². The second-order valence-corrected chi connectivity index (χ2v) is 4.24. The molecule has 0 spiro atoms. The number of aliphatic carboxylic acids is 2. The quantitative estimate of drug-likeness (QED) is 0.769. The van der Waals surface area contributed by atoms with Gasteiger partial charge in [-0.05, 0) is 6.07 Å². The van der Waals surface area contributed by atoms with Crippen LogP contribution < -0.4 is 0 Å². The second kappa shape index (κ2) is 3.90. The molecule has 1 aliphatic carbocycles. The molecule has 0 radical (unpaired) electrons. The maximum atomic E-state index is 13.6. The Morgan fingerprint density at radius 1 is 1.17 bits per heavy atom. The summed E-state index contributed by atoms with van der Waals surface area (Å²) >= 11 is 0. The number of rotatable bonds is 2. The summed E-state index contributed by atoms with van der Waals surface area (Å²) in [4.78, 5) is 34.0. The van der Waals surface area contributed by atoms with Gasteiger partial charge in [0.25, 0.3) is 0 Å². The van der Waals surface area contributed by atoms with Crippen LogP contribution in [-0.2, 0) is 16.0 Å². The lowest BCUT2D eigenvalue weighted by Gasteiger charge is -2.29. The third-order valence-corrected chi connectivity index (χ3v) is 3.18. The van der Waals surface area contributed by atoms with Crippen LogP contribution in [0, 0.1) is 11.2 Å². The lowest BCUT2D eigenvalue weighted by atomic mass is 9.71. The highest BCUT2D eigenvalue weighted by molar-refractivity contribution is 6.09. The molecule has 94 valence electrons. The van der Waals surface area contributed by atoms with E-state index in [1.165, 1.54) is 12.1 Å². The zero-order chi connectivity index (χ0) is 13.5. The van der Waals surface area contributed by atoms with E-state index in [1.807, 2.05) is 0 Å². The van der Waals surface area contributed by atoms with Gasteiger partial charge in [0.05, 0.1) is 0 Å². The molecule has 0 heterocycles. The Bertz CT molecular complexity index is 550. The fraction of sp³-hybridized carbons (Fsp3) is 0.250. The topological polar surface area (TPSA) is 91.7 Å². The highest BCUT2D eigenvalue weighted by atomic mass is 19.1. The summed E-state index contributed by atoms with van der Waals surface area (Å²) in [6.07, 6.45) is -1.18. The fourth-order valence-corrected chi connectivity index (χ4v) is 2.13. The Balaban J connectivity index is 2.62. The SMILES string of the molecule is O=C1CC(C(=O)O)(C(=O)O)Cc2c(F)cccc21. The minimum Gasteiger partial charge on any atom is -0.480 e. The van der Waals surface area contributed by atoms with E-state index in [-0.39, 0.29) is 11.1 Å². The summed E-state index contributed by atoms with van der Waals surface area (Å²) in [7, 11) is 0. The lowest BCUT2D eigenvalue weighted by Crippen LogP contribution is -2.46. The van der Waals surface area contributed by atoms with Crippen LogP contribution in [0.3, 0.4) is 0 Å². The van der Waals surface area contributed by atoms with Crippen molar-refractivity contribution in [2.45, 2.75) is 12.8 Å². The molecule has 1 aromatic rings. The molecule has 0 bridgehead atoms. The smallest absolute Gasteiger partial charge is 0.321 e. The third-order valence-electron chi connectivity index (χ3n) is 3.18. The van der Waals surface area contributed by atoms with Crippen LogP contribution in [0.2, 0.25) is 0 Å². The first-order chi connectivity index (χ1) is 8.38. The average Bonchev–Trinajstić information content (AvgIpc) is 2.29. The number of carbonyl (C=O) groups is 3. The Morgan fingerprint density at radius 2 is 1.78 bits per heavy atom. The zero-order valence-electron chi connectivity index (χ0n) is 9.14. The summed E-state index contributed by atoms with van der Waals surface area (Å²) in [6.45, 7) is 0. The molecule has 2 N–H and O–H groups in total. The van der Waals surface area contributed by atoms with Crippen molar-refractivity contribution in [1.29, 1.82) is 0 Å². The molecule has 0 aliphatic heterocycles. The standard InChI is InChI=1S/C12H9FO5/c13-8-3-1-2-6-7(8)4-12(10(15)16,11(17)18)5-9(6)14/h1-3H,4-5H2,(H,15,16)(H,17,18). The van der Waals surface area contributed by atoms with Crippen molar-refractivity contribution in [3.05, 3.63) is 35.1 Å². The molecule has 0 atom stereocenters. The van der Waals surface area contributed by atoms with Crippen LogP contribution in [0.15, 0.2) is 18.2 Å². The van der Waals surface area contributed by atoms with E-state index in [2.05, 4.69) is 0 Å². The summed E-state index contributed by atoms with van der Waals surface area (Å²) in [5, 5.41) is 18.1. The van der Waals surface area contributed by atoms with Gasteiger partial charge in [0.2, 0.25) is 0 Å². The molecule has 0 amide bonds. The molecule has 6 heteroatoms. The third kappa shape index (κ3) is 1.57.